The quantitative estimate of drug-likeness (QED) is 0.433. The van der Waals surface area contributed by atoms with E-state index in [1.165, 1.54) is 5.57 Å². The number of hydrogen-bond acceptors (Lipinski definition) is 1. The molecule has 1 aliphatic rings. The molecule has 0 saturated heterocycles. The van der Waals surface area contributed by atoms with Crippen LogP contribution in [-0.2, 0) is 6.54 Å². The Bertz CT molecular complexity index is 372. The Balaban J connectivity index is 2.07. The molecular weight excluding hydrogens is 198 g/mol. The van der Waals surface area contributed by atoms with E-state index in [0.29, 0.717) is 13.1 Å². The van der Waals surface area contributed by atoms with Crippen LogP contribution in [0, 0.1) is 5.21 Å². The van der Waals surface area contributed by atoms with Crippen molar-refractivity contribution in [2.75, 3.05) is 13.1 Å². The van der Waals surface area contributed by atoms with Crippen molar-refractivity contribution in [3.8, 4) is 0 Å². The first kappa shape index (κ1) is 11.4. The zero-order valence-electron chi connectivity index (χ0n) is 9.86. The van der Waals surface area contributed by atoms with Crippen molar-refractivity contribution in [3.63, 3.8) is 0 Å². The average Bonchev–Trinajstić information content (AvgIpc) is 2.29. The lowest BCUT2D eigenvalue weighted by atomic mass is 10.1. The summed E-state index contributed by atoms with van der Waals surface area (Å²) < 4.78 is -0.0797. The summed E-state index contributed by atoms with van der Waals surface area (Å²) in [5.74, 6) is 0. The summed E-state index contributed by atoms with van der Waals surface area (Å²) in [6.07, 6.45) is 4.18. The molecular formula is C14H19NO. The Hall–Kier alpha value is -1.12. The maximum atomic E-state index is 12.6. The monoisotopic (exact) mass is 217 g/mol. The van der Waals surface area contributed by atoms with Gasteiger partial charge in [-0.25, -0.2) is 0 Å². The summed E-state index contributed by atoms with van der Waals surface area (Å²) in [7, 11) is 0. The highest BCUT2D eigenvalue weighted by molar-refractivity contribution is 5.14. The molecule has 2 rings (SSSR count). The molecule has 0 saturated carbocycles. The van der Waals surface area contributed by atoms with Crippen LogP contribution in [0.5, 0.6) is 0 Å². The molecule has 1 aromatic carbocycles. The lowest BCUT2D eigenvalue weighted by Gasteiger charge is -2.45. The molecule has 1 aromatic rings. The van der Waals surface area contributed by atoms with Crippen molar-refractivity contribution in [2.24, 2.45) is 0 Å². The van der Waals surface area contributed by atoms with Crippen molar-refractivity contribution in [3.05, 3.63) is 52.8 Å². The normalized spacial score (nSPS) is 25.2. The van der Waals surface area contributed by atoms with Crippen LogP contribution in [0.15, 0.2) is 42.0 Å². The summed E-state index contributed by atoms with van der Waals surface area (Å²) in [6, 6.07) is 10.1. The van der Waals surface area contributed by atoms with E-state index >= 15 is 0 Å². The first-order valence-corrected chi connectivity index (χ1v) is 6.01. The largest absolute Gasteiger partial charge is 0.632 e. The maximum absolute atomic E-state index is 12.6. The van der Waals surface area contributed by atoms with Gasteiger partial charge in [0.05, 0.1) is 6.54 Å². The van der Waals surface area contributed by atoms with E-state index in [9.17, 15) is 5.21 Å². The van der Waals surface area contributed by atoms with E-state index in [-0.39, 0.29) is 4.65 Å². The van der Waals surface area contributed by atoms with Crippen LogP contribution in [0.3, 0.4) is 0 Å². The third-order valence-corrected chi connectivity index (χ3v) is 3.23. The van der Waals surface area contributed by atoms with Gasteiger partial charge < -0.3 is 9.85 Å². The van der Waals surface area contributed by atoms with Gasteiger partial charge in [-0.1, -0.05) is 43.3 Å². The number of hydrogen-bond donors (Lipinski definition) is 0. The van der Waals surface area contributed by atoms with Crippen molar-refractivity contribution >= 4 is 0 Å². The second kappa shape index (κ2) is 4.81. The second-order valence-electron chi connectivity index (χ2n) is 4.59. The highest BCUT2D eigenvalue weighted by Crippen LogP contribution is 2.22. The van der Waals surface area contributed by atoms with Gasteiger partial charge in [0.25, 0.3) is 0 Å². The molecule has 1 heterocycles. The van der Waals surface area contributed by atoms with Gasteiger partial charge in [0.1, 0.15) is 13.1 Å². The van der Waals surface area contributed by atoms with Crippen LogP contribution in [0.2, 0.25) is 0 Å². The second-order valence-corrected chi connectivity index (χ2v) is 4.59. The predicted octanol–water partition coefficient (Wildman–Crippen LogP) is 3.24. The number of quaternary nitrogens is 1. The molecule has 2 nitrogen and oxygen atoms in total. The molecule has 0 radical (unpaired) electrons. The van der Waals surface area contributed by atoms with Gasteiger partial charge in [-0.3, -0.25) is 0 Å². The Kier molecular flexibility index (Phi) is 3.42. The number of rotatable bonds is 3. The fraction of sp³-hybridized carbons (Fsp3) is 0.429. The smallest absolute Gasteiger partial charge is 0.104 e. The van der Waals surface area contributed by atoms with Crippen molar-refractivity contribution in [1.82, 2.24) is 0 Å². The van der Waals surface area contributed by atoms with Crippen molar-refractivity contribution in [2.45, 2.75) is 26.3 Å². The molecule has 0 aliphatic carbocycles. The van der Waals surface area contributed by atoms with Gasteiger partial charge in [-0.15, -0.1) is 0 Å². The fourth-order valence-corrected chi connectivity index (χ4v) is 2.32. The molecule has 2 heteroatoms. The minimum Gasteiger partial charge on any atom is -0.632 e. The summed E-state index contributed by atoms with van der Waals surface area (Å²) in [5, 5.41) is 12.6. The highest BCUT2D eigenvalue weighted by atomic mass is 16.5. The minimum absolute atomic E-state index is 0.0797. The van der Waals surface area contributed by atoms with Gasteiger partial charge in [-0.2, -0.15) is 0 Å². The van der Waals surface area contributed by atoms with Crippen molar-refractivity contribution in [1.29, 1.82) is 0 Å². The van der Waals surface area contributed by atoms with Crippen molar-refractivity contribution < 1.29 is 4.65 Å². The fourth-order valence-electron chi connectivity index (χ4n) is 2.32. The Labute approximate surface area is 97.4 Å². The standard InChI is InChI=1S/C14H19NO/c1-2-13-9-6-10-15(16,11-13)12-14-7-4-3-5-8-14/h3-5,7-9H,2,6,10-12H2,1H3. The van der Waals surface area contributed by atoms with Gasteiger partial charge in [0.2, 0.25) is 0 Å². The van der Waals surface area contributed by atoms with E-state index in [1.54, 1.807) is 0 Å². The van der Waals surface area contributed by atoms with E-state index in [2.05, 4.69) is 13.0 Å². The summed E-state index contributed by atoms with van der Waals surface area (Å²) in [5.41, 5.74) is 2.46. The molecule has 1 unspecified atom stereocenters. The maximum Gasteiger partial charge on any atom is 0.104 e. The van der Waals surface area contributed by atoms with E-state index < -0.39 is 0 Å². The minimum atomic E-state index is -0.0797. The molecule has 0 amide bonds. The van der Waals surface area contributed by atoms with E-state index in [0.717, 1.165) is 24.9 Å². The van der Waals surface area contributed by atoms with Gasteiger partial charge in [-0.05, 0) is 12.0 Å². The summed E-state index contributed by atoms with van der Waals surface area (Å²) in [6.45, 7) is 4.13. The third-order valence-electron chi connectivity index (χ3n) is 3.23. The molecule has 1 atom stereocenters. The third kappa shape index (κ3) is 2.71. The lowest BCUT2D eigenvalue weighted by Crippen LogP contribution is -2.45. The Morgan fingerprint density at radius 3 is 2.69 bits per heavy atom. The van der Waals surface area contributed by atoms with E-state index in [4.69, 9.17) is 0 Å². The van der Waals surface area contributed by atoms with Crippen LogP contribution in [0.1, 0.15) is 25.3 Å². The number of hydroxylamine groups is 3. The van der Waals surface area contributed by atoms with E-state index in [1.807, 2.05) is 30.3 Å². The zero-order chi connectivity index (χ0) is 11.4. The molecule has 0 bridgehead atoms. The number of nitrogens with zero attached hydrogens (tertiary/aromatic N) is 1. The van der Waals surface area contributed by atoms with Crippen LogP contribution >= 0.6 is 0 Å². The van der Waals surface area contributed by atoms with Gasteiger partial charge >= 0.3 is 0 Å². The highest BCUT2D eigenvalue weighted by Gasteiger charge is 2.21. The van der Waals surface area contributed by atoms with Crippen LogP contribution in [-0.4, -0.2) is 17.7 Å². The lowest BCUT2D eigenvalue weighted by molar-refractivity contribution is -0.890. The molecule has 0 aromatic heterocycles. The first-order chi connectivity index (χ1) is 7.72. The average molecular weight is 217 g/mol. The Morgan fingerprint density at radius 1 is 1.25 bits per heavy atom. The van der Waals surface area contributed by atoms with Gasteiger partial charge in [0, 0.05) is 12.0 Å². The van der Waals surface area contributed by atoms with Crippen LogP contribution < -0.4 is 0 Å². The Morgan fingerprint density at radius 2 is 2.00 bits per heavy atom. The summed E-state index contributed by atoms with van der Waals surface area (Å²) in [4.78, 5) is 0. The topological polar surface area (TPSA) is 23.1 Å². The molecule has 0 fully saturated rings. The van der Waals surface area contributed by atoms with Crippen LogP contribution in [0.25, 0.3) is 0 Å². The molecule has 0 N–H and O–H groups in total. The summed E-state index contributed by atoms with van der Waals surface area (Å²) >= 11 is 0. The predicted molar refractivity (Wildman–Crippen MR) is 66.5 cm³/mol. The molecule has 0 spiro atoms. The molecule has 1 aliphatic heterocycles. The van der Waals surface area contributed by atoms with Gasteiger partial charge in [0.15, 0.2) is 0 Å². The number of benzene rings is 1. The first-order valence-electron chi connectivity index (χ1n) is 6.01. The SMILES string of the molecule is CCC1=CCC[N+]([O-])(Cc2ccccc2)C1. The van der Waals surface area contributed by atoms with Crippen LogP contribution in [0.4, 0.5) is 0 Å². The zero-order valence-corrected chi connectivity index (χ0v) is 9.86. The molecule has 86 valence electrons. The molecule has 16 heavy (non-hydrogen) atoms.